The fraction of sp³-hybridized carbons (Fsp3) is 0.318. The average molecular weight is 423 g/mol. The van der Waals surface area contributed by atoms with Crippen LogP contribution in [0.3, 0.4) is 0 Å². The molecule has 2 aliphatic rings. The highest BCUT2D eigenvalue weighted by molar-refractivity contribution is 6.31. The van der Waals surface area contributed by atoms with Crippen molar-refractivity contribution in [3.05, 3.63) is 58.4 Å². The van der Waals surface area contributed by atoms with E-state index in [0.717, 1.165) is 65.5 Å². The van der Waals surface area contributed by atoms with Crippen LogP contribution in [0.2, 0.25) is 5.02 Å². The number of hydrogen-bond acceptors (Lipinski definition) is 7. The Kier molecular flexibility index (Phi) is 4.07. The second-order valence-electron chi connectivity index (χ2n) is 7.70. The third kappa shape index (κ3) is 2.73. The summed E-state index contributed by atoms with van der Waals surface area (Å²) in [5.74, 6) is 1.57. The normalized spacial score (nSPS) is 18.4. The van der Waals surface area contributed by atoms with Gasteiger partial charge in [-0.25, -0.2) is 9.97 Å². The summed E-state index contributed by atoms with van der Waals surface area (Å²) in [5, 5.41) is 4.95. The maximum Gasteiger partial charge on any atom is 0.182 e. The van der Waals surface area contributed by atoms with Gasteiger partial charge in [0.15, 0.2) is 17.4 Å². The summed E-state index contributed by atoms with van der Waals surface area (Å²) in [6.45, 7) is 5.02. The molecule has 2 aliphatic heterocycles. The van der Waals surface area contributed by atoms with Gasteiger partial charge in [0.2, 0.25) is 0 Å². The zero-order valence-corrected chi connectivity index (χ0v) is 17.1. The number of rotatable bonds is 3. The van der Waals surface area contributed by atoms with Crippen molar-refractivity contribution in [1.29, 1.82) is 0 Å². The van der Waals surface area contributed by atoms with E-state index < -0.39 is 0 Å². The highest BCUT2D eigenvalue weighted by Gasteiger charge is 2.35. The molecular formula is C22H19ClN4O3. The fourth-order valence-corrected chi connectivity index (χ4v) is 4.68. The number of aromatic nitrogens is 3. The minimum Gasteiger partial charge on any atom is -0.481 e. The van der Waals surface area contributed by atoms with Crippen LogP contribution in [0.25, 0.3) is 22.4 Å². The first-order valence-electron chi connectivity index (χ1n) is 10.1. The average Bonchev–Trinajstić information content (AvgIpc) is 3.49. The molecule has 4 aromatic rings. The molecule has 0 radical (unpaired) electrons. The Morgan fingerprint density at radius 1 is 1.27 bits per heavy atom. The Labute approximate surface area is 177 Å². The third-order valence-electron chi connectivity index (χ3n) is 5.98. The van der Waals surface area contributed by atoms with E-state index >= 15 is 0 Å². The molecule has 0 N–H and O–H groups in total. The predicted octanol–water partition coefficient (Wildman–Crippen LogP) is 4.59. The molecular weight excluding hydrogens is 404 g/mol. The van der Waals surface area contributed by atoms with Crippen LogP contribution in [0.15, 0.2) is 39.7 Å². The van der Waals surface area contributed by atoms with Crippen LogP contribution < -0.4 is 4.74 Å². The number of halogens is 1. The van der Waals surface area contributed by atoms with Crippen LogP contribution in [0.5, 0.6) is 5.75 Å². The molecule has 1 aromatic carbocycles. The van der Waals surface area contributed by atoms with E-state index in [0.29, 0.717) is 22.7 Å². The van der Waals surface area contributed by atoms with E-state index in [-0.39, 0.29) is 6.10 Å². The van der Waals surface area contributed by atoms with Crippen LogP contribution in [-0.4, -0.2) is 33.1 Å². The van der Waals surface area contributed by atoms with Crippen molar-refractivity contribution in [2.24, 2.45) is 0 Å². The Morgan fingerprint density at radius 3 is 3.10 bits per heavy atom. The van der Waals surface area contributed by atoms with Crippen LogP contribution >= 0.6 is 11.6 Å². The number of fused-ring (bicyclic) bond motifs is 3. The lowest BCUT2D eigenvalue weighted by Gasteiger charge is -2.25. The molecule has 0 aliphatic carbocycles. The van der Waals surface area contributed by atoms with Crippen LogP contribution in [-0.2, 0) is 19.4 Å². The van der Waals surface area contributed by atoms with Gasteiger partial charge in [-0.1, -0.05) is 23.7 Å². The first-order chi connectivity index (χ1) is 14.7. The minimum absolute atomic E-state index is 0.237. The largest absolute Gasteiger partial charge is 0.481 e. The van der Waals surface area contributed by atoms with Gasteiger partial charge in [-0.05, 0) is 18.7 Å². The Bertz CT molecular complexity index is 1260. The number of likely N-dealkylation sites (N-methyl/N-ethyl adjacent to an activating group) is 1. The number of ether oxygens (including phenoxy) is 1. The van der Waals surface area contributed by atoms with E-state index in [1.54, 1.807) is 6.26 Å². The maximum absolute atomic E-state index is 6.46. The van der Waals surface area contributed by atoms with Gasteiger partial charge in [-0.2, -0.15) is 0 Å². The quantitative estimate of drug-likeness (QED) is 0.478. The summed E-state index contributed by atoms with van der Waals surface area (Å²) in [7, 11) is 0. The van der Waals surface area contributed by atoms with Gasteiger partial charge >= 0.3 is 0 Å². The molecule has 0 fully saturated rings. The predicted molar refractivity (Wildman–Crippen MR) is 110 cm³/mol. The van der Waals surface area contributed by atoms with E-state index in [1.165, 1.54) is 6.33 Å². The second-order valence-corrected chi connectivity index (χ2v) is 8.14. The first-order valence-corrected chi connectivity index (χ1v) is 10.5. The summed E-state index contributed by atoms with van der Waals surface area (Å²) in [5.41, 5.74) is 6.04. The van der Waals surface area contributed by atoms with Crippen molar-refractivity contribution in [3.63, 3.8) is 0 Å². The number of hydrogen-bond donors (Lipinski definition) is 0. The summed E-state index contributed by atoms with van der Waals surface area (Å²) < 4.78 is 17.9. The molecule has 0 bridgehead atoms. The molecule has 0 spiro atoms. The Balaban J connectivity index is 1.42. The van der Waals surface area contributed by atoms with Crippen LogP contribution in [0.4, 0.5) is 0 Å². The Hall–Kier alpha value is -2.90. The zero-order valence-electron chi connectivity index (χ0n) is 16.4. The van der Waals surface area contributed by atoms with Crippen molar-refractivity contribution >= 4 is 22.7 Å². The SMILES string of the molecule is CCN1CCc2noc(C3Cc4cc(Cl)cc(-c5ncnc6ccoc56)c4O3)c2C1. The van der Waals surface area contributed by atoms with E-state index in [4.69, 9.17) is 25.3 Å². The van der Waals surface area contributed by atoms with E-state index in [2.05, 4.69) is 26.9 Å². The van der Waals surface area contributed by atoms with Crippen LogP contribution in [0, 0.1) is 0 Å². The highest BCUT2D eigenvalue weighted by atomic mass is 35.5. The molecule has 1 unspecified atom stereocenters. The van der Waals surface area contributed by atoms with Gasteiger partial charge in [0.1, 0.15) is 23.3 Å². The van der Waals surface area contributed by atoms with E-state index in [1.807, 2.05) is 18.2 Å². The van der Waals surface area contributed by atoms with Gasteiger partial charge in [0.25, 0.3) is 0 Å². The first kappa shape index (κ1) is 17.9. The third-order valence-corrected chi connectivity index (χ3v) is 6.20. The van der Waals surface area contributed by atoms with Crippen molar-refractivity contribution in [1.82, 2.24) is 20.0 Å². The van der Waals surface area contributed by atoms with Gasteiger partial charge < -0.3 is 13.7 Å². The fourth-order valence-electron chi connectivity index (χ4n) is 4.44. The van der Waals surface area contributed by atoms with Gasteiger partial charge in [0.05, 0.1) is 12.0 Å². The number of furan rings is 1. The van der Waals surface area contributed by atoms with Crippen molar-refractivity contribution < 1.29 is 13.7 Å². The van der Waals surface area contributed by atoms with E-state index in [9.17, 15) is 0 Å². The highest BCUT2D eigenvalue weighted by Crippen LogP contribution is 2.46. The van der Waals surface area contributed by atoms with Crippen LogP contribution in [0.1, 0.15) is 35.6 Å². The molecule has 0 saturated heterocycles. The zero-order chi connectivity index (χ0) is 20.2. The van der Waals surface area contributed by atoms with Crippen molar-refractivity contribution in [2.75, 3.05) is 13.1 Å². The molecule has 0 amide bonds. The molecule has 6 rings (SSSR count). The molecule has 30 heavy (non-hydrogen) atoms. The summed E-state index contributed by atoms with van der Waals surface area (Å²) in [6.07, 6.45) is 4.47. The van der Waals surface area contributed by atoms with Crippen molar-refractivity contribution in [2.45, 2.75) is 32.4 Å². The van der Waals surface area contributed by atoms with Crippen molar-refractivity contribution in [3.8, 4) is 17.0 Å². The molecule has 0 saturated carbocycles. The summed E-state index contributed by atoms with van der Waals surface area (Å²) >= 11 is 6.46. The smallest absolute Gasteiger partial charge is 0.182 e. The van der Waals surface area contributed by atoms with Gasteiger partial charge in [-0.15, -0.1) is 0 Å². The maximum atomic E-state index is 6.46. The topological polar surface area (TPSA) is 77.4 Å². The molecule has 5 heterocycles. The van der Waals surface area contributed by atoms with Gasteiger partial charge in [0, 0.05) is 53.7 Å². The second kappa shape index (κ2) is 6.82. The monoisotopic (exact) mass is 422 g/mol. The lowest BCUT2D eigenvalue weighted by molar-refractivity contribution is 0.186. The summed E-state index contributed by atoms with van der Waals surface area (Å²) in [6, 6.07) is 5.62. The lowest BCUT2D eigenvalue weighted by atomic mass is 9.99. The molecule has 7 nitrogen and oxygen atoms in total. The number of benzene rings is 1. The summed E-state index contributed by atoms with van der Waals surface area (Å²) in [4.78, 5) is 11.1. The standard InChI is InChI=1S/C22H19ClN4O3/c1-2-27-5-3-16-15(10-27)21(30-26-16)18-8-12-7-13(23)9-14(20(12)29-18)19-22-17(4-6-28-22)24-11-25-19/h4,6-7,9,11,18H,2-3,5,8,10H2,1H3. The molecule has 3 aromatic heterocycles. The molecule has 8 heteroatoms. The molecule has 1 atom stereocenters. The molecule has 152 valence electrons. The lowest BCUT2D eigenvalue weighted by Crippen LogP contribution is -2.30. The number of nitrogens with zero attached hydrogens (tertiary/aromatic N) is 4. The minimum atomic E-state index is -0.237. The van der Waals surface area contributed by atoms with Gasteiger partial charge in [-0.3, -0.25) is 4.90 Å². The Morgan fingerprint density at radius 2 is 2.20 bits per heavy atom.